The van der Waals surface area contributed by atoms with Gasteiger partial charge >= 0.3 is 0 Å². The summed E-state index contributed by atoms with van der Waals surface area (Å²) in [5.41, 5.74) is -0.768. The molecule has 3 fully saturated rings. The molecule has 3 rings (SSSR count). The Morgan fingerprint density at radius 2 is 1.89 bits per heavy atom. The molecule has 108 valence electrons. The van der Waals surface area contributed by atoms with Crippen LogP contribution >= 0.6 is 0 Å². The van der Waals surface area contributed by atoms with E-state index < -0.39 is 15.4 Å². The van der Waals surface area contributed by atoms with Crippen molar-refractivity contribution >= 4 is 15.8 Å². The van der Waals surface area contributed by atoms with Crippen LogP contribution in [0.5, 0.6) is 0 Å². The maximum atomic E-state index is 12.6. The van der Waals surface area contributed by atoms with Gasteiger partial charge in [-0.3, -0.25) is 4.79 Å². The highest BCUT2D eigenvalue weighted by atomic mass is 32.2. The van der Waals surface area contributed by atoms with Gasteiger partial charge in [-0.1, -0.05) is 13.8 Å². The first kappa shape index (κ1) is 13.6. The summed E-state index contributed by atoms with van der Waals surface area (Å²) in [6, 6.07) is 0. The van der Waals surface area contributed by atoms with Gasteiger partial charge in [0.1, 0.15) is 5.78 Å². The van der Waals surface area contributed by atoms with Crippen LogP contribution < -0.4 is 0 Å². The van der Waals surface area contributed by atoms with Gasteiger partial charge in [0, 0.05) is 24.9 Å². The van der Waals surface area contributed by atoms with Crippen LogP contribution in [0.1, 0.15) is 46.0 Å². The second-order valence-electron chi connectivity index (χ2n) is 7.03. The molecule has 19 heavy (non-hydrogen) atoms. The number of Topliss-reactive ketones (excluding diaryl/α,β-unsaturated/α-hetero) is 1. The van der Waals surface area contributed by atoms with Crippen molar-refractivity contribution in [3.8, 4) is 0 Å². The zero-order valence-corrected chi connectivity index (χ0v) is 12.6. The molecule has 0 spiro atoms. The van der Waals surface area contributed by atoms with Crippen molar-refractivity contribution in [3.05, 3.63) is 0 Å². The fraction of sp³-hybridized carbons (Fsp3) is 0.929. The number of hydrogen-bond acceptors (Lipinski definition) is 3. The predicted molar refractivity (Wildman–Crippen MR) is 73.2 cm³/mol. The smallest absolute Gasteiger partial charge is 0.215 e. The summed E-state index contributed by atoms with van der Waals surface area (Å²) in [4.78, 5) is 12.4. The van der Waals surface area contributed by atoms with Crippen molar-refractivity contribution in [1.82, 2.24) is 4.31 Å². The van der Waals surface area contributed by atoms with Gasteiger partial charge in [-0.2, -0.15) is 0 Å². The first-order valence-electron chi connectivity index (χ1n) is 7.31. The van der Waals surface area contributed by atoms with Crippen LogP contribution in [0.4, 0.5) is 0 Å². The molecule has 0 aromatic heterocycles. The van der Waals surface area contributed by atoms with E-state index in [1.54, 1.807) is 4.31 Å². The summed E-state index contributed by atoms with van der Waals surface area (Å²) < 4.78 is 26.8. The highest BCUT2D eigenvalue weighted by Gasteiger charge is 2.65. The second-order valence-corrected chi connectivity index (χ2v) is 9.00. The van der Waals surface area contributed by atoms with Crippen LogP contribution in [-0.2, 0) is 14.8 Å². The Hall–Kier alpha value is -0.420. The van der Waals surface area contributed by atoms with E-state index in [1.165, 1.54) is 0 Å². The lowest BCUT2D eigenvalue weighted by molar-refractivity contribution is -0.128. The average Bonchev–Trinajstić information content (AvgIpc) is 2.95. The van der Waals surface area contributed by atoms with Crippen molar-refractivity contribution in [2.45, 2.75) is 46.0 Å². The topological polar surface area (TPSA) is 54.5 Å². The number of fused-ring (bicyclic) bond motifs is 2. The molecule has 0 amide bonds. The Labute approximate surface area is 115 Å². The molecular weight excluding hydrogens is 262 g/mol. The molecule has 0 N–H and O–H groups in total. The van der Waals surface area contributed by atoms with Crippen molar-refractivity contribution in [1.29, 1.82) is 0 Å². The molecule has 0 unspecified atom stereocenters. The number of hydrogen-bond donors (Lipinski definition) is 0. The number of ketones is 1. The standard InChI is InChI=1S/C14H23NO3S/c1-13(2)11-5-6-14(13,12(16)9-11)10-19(17,18)15-7-3-4-8-15/h11H,3-10H2,1-2H3/t11-,14-/m1/s1. The summed E-state index contributed by atoms with van der Waals surface area (Å²) in [6.45, 7) is 5.46. The molecule has 1 aliphatic heterocycles. The van der Waals surface area contributed by atoms with Crippen LogP contribution in [0.2, 0.25) is 0 Å². The lowest BCUT2D eigenvalue weighted by atomic mass is 9.70. The lowest BCUT2D eigenvalue weighted by Crippen LogP contribution is -2.46. The van der Waals surface area contributed by atoms with Crippen molar-refractivity contribution in [3.63, 3.8) is 0 Å². The van der Waals surface area contributed by atoms with Gasteiger partial charge in [0.15, 0.2) is 0 Å². The highest BCUT2D eigenvalue weighted by Crippen LogP contribution is 2.64. The molecule has 5 heteroatoms. The summed E-state index contributed by atoms with van der Waals surface area (Å²) in [5.74, 6) is 0.618. The fourth-order valence-electron chi connectivity index (χ4n) is 4.48. The maximum Gasteiger partial charge on any atom is 0.215 e. The largest absolute Gasteiger partial charge is 0.299 e. The zero-order chi connectivity index (χ0) is 13.9. The minimum Gasteiger partial charge on any atom is -0.299 e. The molecule has 2 atom stereocenters. The van der Waals surface area contributed by atoms with E-state index in [-0.39, 0.29) is 17.0 Å². The number of nitrogens with zero attached hydrogens (tertiary/aromatic N) is 1. The SMILES string of the molecule is CC1(C)[C@@H]2CC[C@@]1(CS(=O)(=O)N1CCCC1)C(=O)C2. The molecule has 0 aromatic rings. The van der Waals surface area contributed by atoms with E-state index in [0.717, 1.165) is 25.7 Å². The van der Waals surface area contributed by atoms with Crippen molar-refractivity contribution in [2.24, 2.45) is 16.7 Å². The molecular formula is C14H23NO3S. The quantitative estimate of drug-likeness (QED) is 0.794. The lowest BCUT2D eigenvalue weighted by Gasteiger charge is -2.37. The fourth-order valence-corrected chi connectivity index (χ4v) is 6.77. The van der Waals surface area contributed by atoms with Gasteiger partial charge < -0.3 is 0 Å². The third-order valence-electron chi connectivity index (χ3n) is 6.03. The Kier molecular flexibility index (Phi) is 2.88. The molecule has 1 heterocycles. The summed E-state index contributed by atoms with van der Waals surface area (Å²) in [5, 5.41) is 0. The van der Waals surface area contributed by atoms with Crippen LogP contribution in [-0.4, -0.2) is 37.3 Å². The summed E-state index contributed by atoms with van der Waals surface area (Å²) >= 11 is 0. The summed E-state index contributed by atoms with van der Waals surface area (Å²) in [6.07, 6.45) is 4.26. The van der Waals surface area contributed by atoms with E-state index in [0.29, 0.717) is 25.4 Å². The Morgan fingerprint density at radius 1 is 1.26 bits per heavy atom. The van der Waals surface area contributed by atoms with E-state index in [2.05, 4.69) is 13.8 Å². The molecule has 0 radical (unpaired) electrons. The van der Waals surface area contributed by atoms with Crippen LogP contribution in [0, 0.1) is 16.7 Å². The van der Waals surface area contributed by atoms with E-state index >= 15 is 0 Å². The third kappa shape index (κ3) is 1.74. The van der Waals surface area contributed by atoms with E-state index in [1.807, 2.05) is 0 Å². The average molecular weight is 285 g/mol. The van der Waals surface area contributed by atoms with Gasteiger partial charge in [-0.15, -0.1) is 0 Å². The molecule has 2 aliphatic carbocycles. The zero-order valence-electron chi connectivity index (χ0n) is 11.8. The number of rotatable bonds is 3. The van der Waals surface area contributed by atoms with Gasteiger partial charge in [0.25, 0.3) is 0 Å². The highest BCUT2D eigenvalue weighted by molar-refractivity contribution is 7.89. The van der Waals surface area contributed by atoms with E-state index in [4.69, 9.17) is 0 Å². The minimum atomic E-state index is -3.28. The van der Waals surface area contributed by atoms with Crippen LogP contribution in [0.3, 0.4) is 0 Å². The second kappa shape index (κ2) is 4.04. The van der Waals surface area contributed by atoms with Crippen LogP contribution in [0.15, 0.2) is 0 Å². The van der Waals surface area contributed by atoms with E-state index in [9.17, 15) is 13.2 Å². The Bertz CT molecular complexity index is 505. The number of sulfonamides is 1. The molecule has 2 bridgehead atoms. The van der Waals surface area contributed by atoms with Crippen molar-refractivity contribution in [2.75, 3.05) is 18.8 Å². The number of carbonyl (C=O) groups excluding carboxylic acids is 1. The first-order chi connectivity index (χ1) is 8.80. The van der Waals surface area contributed by atoms with Gasteiger partial charge in [0.05, 0.1) is 5.75 Å². The molecule has 0 aromatic carbocycles. The monoisotopic (exact) mass is 285 g/mol. The molecule has 2 saturated carbocycles. The Morgan fingerprint density at radius 3 is 2.37 bits per heavy atom. The third-order valence-corrected chi connectivity index (χ3v) is 8.04. The molecule has 3 aliphatic rings. The van der Waals surface area contributed by atoms with Gasteiger partial charge in [-0.25, -0.2) is 12.7 Å². The Balaban J connectivity index is 1.91. The minimum absolute atomic E-state index is 0.0440. The normalized spacial score (nSPS) is 38.2. The molecule has 1 saturated heterocycles. The molecule has 4 nitrogen and oxygen atoms in total. The number of carbonyl (C=O) groups is 1. The first-order valence-corrected chi connectivity index (χ1v) is 8.92. The van der Waals surface area contributed by atoms with Gasteiger partial charge in [0.2, 0.25) is 10.0 Å². The van der Waals surface area contributed by atoms with Gasteiger partial charge in [-0.05, 0) is 37.0 Å². The predicted octanol–water partition coefficient (Wildman–Crippen LogP) is 1.81. The van der Waals surface area contributed by atoms with Crippen LogP contribution in [0.25, 0.3) is 0 Å². The maximum absolute atomic E-state index is 12.6. The summed E-state index contributed by atoms with van der Waals surface area (Å²) in [7, 11) is -3.28. The van der Waals surface area contributed by atoms with Crippen molar-refractivity contribution < 1.29 is 13.2 Å².